The molecule has 0 radical (unpaired) electrons. The van der Waals surface area contributed by atoms with Gasteiger partial charge in [0.05, 0.1) is 0 Å². The van der Waals surface area contributed by atoms with E-state index in [1.54, 1.807) is 0 Å². The van der Waals surface area contributed by atoms with Gasteiger partial charge in [-0.1, -0.05) is 39.5 Å². The number of likely N-dealkylation sites (tertiary alicyclic amines) is 1. The molecule has 2 rings (SSSR count). The molecule has 0 bridgehead atoms. The van der Waals surface area contributed by atoms with Crippen LogP contribution in [0.2, 0.25) is 0 Å². The molecular formula is C12H25N. The molecule has 1 aliphatic heterocycles. The summed E-state index contributed by atoms with van der Waals surface area (Å²) in [6.45, 7) is 7.04. The molecule has 0 amide bonds. The van der Waals surface area contributed by atoms with Gasteiger partial charge in [0, 0.05) is 6.04 Å². The van der Waals surface area contributed by atoms with Crippen molar-refractivity contribution in [3.05, 3.63) is 0 Å². The van der Waals surface area contributed by atoms with E-state index in [2.05, 4.69) is 18.7 Å². The molecule has 1 aliphatic carbocycles. The van der Waals surface area contributed by atoms with Gasteiger partial charge in [-0.3, -0.25) is 0 Å². The SMILES string of the molecule is C1CCC(N2CCC2)CC1.CCC. The van der Waals surface area contributed by atoms with Crippen LogP contribution >= 0.6 is 0 Å². The summed E-state index contributed by atoms with van der Waals surface area (Å²) in [6.07, 6.45) is 10.1. The Morgan fingerprint density at radius 2 is 1.46 bits per heavy atom. The fourth-order valence-corrected chi connectivity index (χ4v) is 2.15. The molecule has 1 nitrogen and oxygen atoms in total. The van der Waals surface area contributed by atoms with Crippen molar-refractivity contribution in [2.75, 3.05) is 13.1 Å². The van der Waals surface area contributed by atoms with Crippen molar-refractivity contribution >= 4 is 0 Å². The van der Waals surface area contributed by atoms with E-state index < -0.39 is 0 Å². The molecule has 1 saturated heterocycles. The molecule has 2 fully saturated rings. The fraction of sp³-hybridized carbons (Fsp3) is 1.00. The minimum atomic E-state index is 0.988. The Labute approximate surface area is 83.5 Å². The van der Waals surface area contributed by atoms with E-state index >= 15 is 0 Å². The lowest BCUT2D eigenvalue weighted by Gasteiger charge is -2.40. The van der Waals surface area contributed by atoms with E-state index in [1.807, 2.05) is 0 Å². The molecule has 1 saturated carbocycles. The molecule has 2 aliphatic rings. The lowest BCUT2D eigenvalue weighted by atomic mass is 9.92. The molecule has 13 heavy (non-hydrogen) atoms. The molecule has 0 aromatic heterocycles. The van der Waals surface area contributed by atoms with Gasteiger partial charge in [-0.25, -0.2) is 0 Å². The summed E-state index contributed by atoms with van der Waals surface area (Å²) < 4.78 is 0. The maximum absolute atomic E-state index is 2.67. The van der Waals surface area contributed by atoms with Gasteiger partial charge in [0.15, 0.2) is 0 Å². The zero-order valence-electron chi connectivity index (χ0n) is 9.39. The van der Waals surface area contributed by atoms with Gasteiger partial charge < -0.3 is 4.90 Å². The Bertz CT molecular complexity index is 112. The Morgan fingerprint density at radius 1 is 0.923 bits per heavy atom. The Morgan fingerprint density at radius 3 is 1.85 bits per heavy atom. The maximum Gasteiger partial charge on any atom is 0.00952 e. The van der Waals surface area contributed by atoms with Crippen LogP contribution in [0.3, 0.4) is 0 Å². The molecule has 0 atom stereocenters. The number of hydrogen-bond donors (Lipinski definition) is 0. The van der Waals surface area contributed by atoms with Crippen molar-refractivity contribution in [1.29, 1.82) is 0 Å². The zero-order valence-corrected chi connectivity index (χ0v) is 9.39. The average Bonchev–Trinajstić information content (AvgIpc) is 2.04. The van der Waals surface area contributed by atoms with E-state index in [4.69, 9.17) is 0 Å². The summed E-state index contributed by atoms with van der Waals surface area (Å²) in [5.41, 5.74) is 0. The van der Waals surface area contributed by atoms with Gasteiger partial charge in [0.25, 0.3) is 0 Å². The van der Waals surface area contributed by atoms with E-state index in [0.29, 0.717) is 0 Å². The van der Waals surface area contributed by atoms with Crippen molar-refractivity contribution in [1.82, 2.24) is 4.90 Å². The largest absolute Gasteiger partial charge is 0.300 e. The quantitative estimate of drug-likeness (QED) is 0.602. The highest BCUT2D eigenvalue weighted by molar-refractivity contribution is 4.80. The predicted molar refractivity (Wildman–Crippen MR) is 59.0 cm³/mol. The van der Waals surface area contributed by atoms with Crippen molar-refractivity contribution < 1.29 is 0 Å². The van der Waals surface area contributed by atoms with Crippen LogP contribution in [0.4, 0.5) is 0 Å². The zero-order chi connectivity index (χ0) is 9.52. The lowest BCUT2D eigenvalue weighted by molar-refractivity contribution is 0.0913. The van der Waals surface area contributed by atoms with E-state index in [0.717, 1.165) is 6.04 Å². The number of hydrogen-bond acceptors (Lipinski definition) is 1. The predicted octanol–water partition coefficient (Wildman–Crippen LogP) is 3.44. The molecule has 0 spiro atoms. The monoisotopic (exact) mass is 183 g/mol. The normalized spacial score (nSPS) is 24.5. The minimum absolute atomic E-state index is 0.988. The fourth-order valence-electron chi connectivity index (χ4n) is 2.15. The van der Waals surface area contributed by atoms with Gasteiger partial charge in [0.1, 0.15) is 0 Å². The second kappa shape index (κ2) is 6.42. The highest BCUT2D eigenvalue weighted by Crippen LogP contribution is 2.25. The second-order valence-corrected chi connectivity index (χ2v) is 4.39. The summed E-state index contributed by atoms with van der Waals surface area (Å²) in [5.74, 6) is 0. The van der Waals surface area contributed by atoms with Crippen LogP contribution in [0.25, 0.3) is 0 Å². The van der Waals surface area contributed by atoms with Crippen LogP contribution in [-0.2, 0) is 0 Å². The molecular weight excluding hydrogens is 158 g/mol. The maximum atomic E-state index is 2.67. The minimum Gasteiger partial charge on any atom is -0.300 e. The van der Waals surface area contributed by atoms with Crippen molar-refractivity contribution in [3.8, 4) is 0 Å². The van der Waals surface area contributed by atoms with E-state index in [1.165, 1.54) is 58.0 Å². The van der Waals surface area contributed by atoms with E-state index in [-0.39, 0.29) is 0 Å². The molecule has 0 aromatic rings. The van der Waals surface area contributed by atoms with E-state index in [9.17, 15) is 0 Å². The second-order valence-electron chi connectivity index (χ2n) is 4.39. The number of nitrogens with zero attached hydrogens (tertiary/aromatic N) is 1. The Kier molecular flexibility index (Phi) is 5.45. The van der Waals surface area contributed by atoms with Gasteiger partial charge >= 0.3 is 0 Å². The standard InChI is InChI=1S/C9H17N.C3H8/c1-2-5-9(6-3-1)10-7-4-8-10;1-3-2/h9H,1-8H2;3H2,1-2H3. The van der Waals surface area contributed by atoms with Crippen LogP contribution in [0.1, 0.15) is 58.8 Å². The first-order chi connectivity index (χ1) is 6.38. The highest BCUT2D eigenvalue weighted by atomic mass is 15.2. The average molecular weight is 183 g/mol. The summed E-state index contributed by atoms with van der Waals surface area (Å²) in [7, 11) is 0. The topological polar surface area (TPSA) is 3.24 Å². The first kappa shape index (κ1) is 11.0. The highest BCUT2D eigenvalue weighted by Gasteiger charge is 2.24. The first-order valence-corrected chi connectivity index (χ1v) is 6.12. The van der Waals surface area contributed by atoms with Gasteiger partial charge in [-0.05, 0) is 32.4 Å². The van der Waals surface area contributed by atoms with Crippen LogP contribution in [0, 0.1) is 0 Å². The molecule has 1 heterocycles. The van der Waals surface area contributed by atoms with Crippen LogP contribution in [0.15, 0.2) is 0 Å². The summed E-state index contributed by atoms with van der Waals surface area (Å²) in [6, 6.07) is 0.988. The Balaban J connectivity index is 0.000000251. The summed E-state index contributed by atoms with van der Waals surface area (Å²) in [5, 5.41) is 0. The number of rotatable bonds is 1. The molecule has 0 N–H and O–H groups in total. The third-order valence-corrected chi connectivity index (χ3v) is 2.98. The van der Waals surface area contributed by atoms with Gasteiger partial charge in [-0.2, -0.15) is 0 Å². The van der Waals surface area contributed by atoms with Crippen molar-refractivity contribution in [2.45, 2.75) is 64.8 Å². The van der Waals surface area contributed by atoms with Gasteiger partial charge in [0.2, 0.25) is 0 Å². The smallest absolute Gasteiger partial charge is 0.00952 e. The molecule has 0 aromatic carbocycles. The Hall–Kier alpha value is -0.0400. The van der Waals surface area contributed by atoms with Crippen LogP contribution in [0.5, 0.6) is 0 Å². The molecule has 0 unspecified atom stereocenters. The molecule has 1 heteroatoms. The first-order valence-electron chi connectivity index (χ1n) is 6.12. The van der Waals surface area contributed by atoms with Crippen molar-refractivity contribution in [2.24, 2.45) is 0 Å². The van der Waals surface area contributed by atoms with Crippen molar-refractivity contribution in [3.63, 3.8) is 0 Å². The van der Waals surface area contributed by atoms with Crippen LogP contribution < -0.4 is 0 Å². The molecule has 78 valence electrons. The summed E-state index contributed by atoms with van der Waals surface area (Å²) in [4.78, 5) is 2.67. The third-order valence-electron chi connectivity index (χ3n) is 2.98. The third kappa shape index (κ3) is 3.68. The summed E-state index contributed by atoms with van der Waals surface area (Å²) >= 11 is 0. The van der Waals surface area contributed by atoms with Gasteiger partial charge in [-0.15, -0.1) is 0 Å². The van der Waals surface area contributed by atoms with Crippen LogP contribution in [-0.4, -0.2) is 24.0 Å². The lowest BCUT2D eigenvalue weighted by Crippen LogP contribution is -2.45.